The smallest absolute Gasteiger partial charge is 0.331 e. The van der Waals surface area contributed by atoms with Crippen LogP contribution in [-0.4, -0.2) is 17.0 Å². The molecule has 0 saturated carbocycles. The molecule has 1 aliphatic rings. The molecule has 2 N–H and O–H groups in total. The van der Waals surface area contributed by atoms with Crippen LogP contribution in [0, 0.1) is 0 Å². The summed E-state index contributed by atoms with van der Waals surface area (Å²) in [5, 5.41) is 11.6. The number of carbonyl (C=O) groups is 2. The molecule has 1 aromatic carbocycles. The third-order valence-corrected chi connectivity index (χ3v) is 3.58. The summed E-state index contributed by atoms with van der Waals surface area (Å²) in [7, 11) is 0. The molecule has 1 aromatic rings. The highest BCUT2D eigenvalue weighted by Crippen LogP contribution is 2.25. The Kier molecular flexibility index (Phi) is 3.69. The summed E-state index contributed by atoms with van der Waals surface area (Å²) in [6, 6.07) is 5.87. The summed E-state index contributed by atoms with van der Waals surface area (Å²) in [6.45, 7) is 2.95. The second-order valence-corrected chi connectivity index (χ2v) is 4.85. The molecule has 0 saturated heterocycles. The van der Waals surface area contributed by atoms with E-state index in [1.807, 2.05) is 18.2 Å². The van der Waals surface area contributed by atoms with Gasteiger partial charge in [0, 0.05) is 16.8 Å². The van der Waals surface area contributed by atoms with Crippen LogP contribution in [0.1, 0.15) is 31.4 Å². The molecule has 0 heterocycles. The number of aliphatic carboxylic acids is 1. The van der Waals surface area contributed by atoms with E-state index in [4.69, 9.17) is 5.11 Å². The van der Waals surface area contributed by atoms with E-state index >= 15 is 0 Å². The van der Waals surface area contributed by atoms with Crippen LogP contribution < -0.4 is 5.32 Å². The maximum atomic E-state index is 11.9. The van der Waals surface area contributed by atoms with Crippen molar-refractivity contribution >= 4 is 17.6 Å². The van der Waals surface area contributed by atoms with Gasteiger partial charge in [-0.05, 0) is 56.4 Å². The topological polar surface area (TPSA) is 66.4 Å². The third-order valence-electron chi connectivity index (χ3n) is 3.58. The molecule has 19 heavy (non-hydrogen) atoms. The van der Waals surface area contributed by atoms with Gasteiger partial charge in [-0.3, -0.25) is 4.79 Å². The SMILES string of the molecule is CC(C(=O)O)=C(C)C(=O)Nc1ccc2c(c1)CCC2. The van der Waals surface area contributed by atoms with E-state index < -0.39 is 5.97 Å². The van der Waals surface area contributed by atoms with Gasteiger partial charge in [-0.15, -0.1) is 0 Å². The summed E-state index contributed by atoms with van der Waals surface area (Å²) >= 11 is 0. The quantitative estimate of drug-likeness (QED) is 0.820. The van der Waals surface area contributed by atoms with Gasteiger partial charge in [-0.1, -0.05) is 6.07 Å². The lowest BCUT2D eigenvalue weighted by atomic mass is 10.1. The Morgan fingerprint density at radius 2 is 1.79 bits per heavy atom. The van der Waals surface area contributed by atoms with Crippen LogP contribution in [0.25, 0.3) is 0 Å². The molecule has 100 valence electrons. The number of rotatable bonds is 3. The molecule has 0 unspecified atom stereocenters. The molecule has 0 atom stereocenters. The fraction of sp³-hybridized carbons (Fsp3) is 0.333. The summed E-state index contributed by atoms with van der Waals surface area (Å²) in [4.78, 5) is 22.7. The van der Waals surface area contributed by atoms with E-state index in [1.54, 1.807) is 0 Å². The number of benzene rings is 1. The fourth-order valence-electron chi connectivity index (χ4n) is 2.21. The van der Waals surface area contributed by atoms with Crippen molar-refractivity contribution < 1.29 is 14.7 Å². The first-order chi connectivity index (χ1) is 8.99. The molecule has 0 radical (unpaired) electrons. The Labute approximate surface area is 112 Å². The molecule has 0 aromatic heterocycles. The third kappa shape index (κ3) is 2.84. The number of anilines is 1. The maximum Gasteiger partial charge on any atom is 0.331 e. The molecular formula is C15H17NO3. The number of nitrogens with one attached hydrogen (secondary N) is 1. The largest absolute Gasteiger partial charge is 0.478 e. The number of hydrogen-bond donors (Lipinski definition) is 2. The number of hydrogen-bond acceptors (Lipinski definition) is 2. The first-order valence-corrected chi connectivity index (χ1v) is 6.33. The molecule has 0 fully saturated rings. The summed E-state index contributed by atoms with van der Waals surface area (Å²) < 4.78 is 0. The summed E-state index contributed by atoms with van der Waals surface area (Å²) in [5.41, 5.74) is 3.64. The van der Waals surface area contributed by atoms with Gasteiger partial charge in [0.05, 0.1) is 0 Å². The number of fused-ring (bicyclic) bond motifs is 1. The van der Waals surface area contributed by atoms with E-state index in [0.717, 1.165) is 24.9 Å². The van der Waals surface area contributed by atoms with Crippen molar-refractivity contribution in [2.24, 2.45) is 0 Å². The fourth-order valence-corrected chi connectivity index (χ4v) is 2.21. The Morgan fingerprint density at radius 1 is 1.11 bits per heavy atom. The second-order valence-electron chi connectivity index (χ2n) is 4.85. The Morgan fingerprint density at radius 3 is 2.47 bits per heavy atom. The lowest BCUT2D eigenvalue weighted by molar-refractivity contribution is -0.133. The second kappa shape index (κ2) is 5.26. The minimum Gasteiger partial charge on any atom is -0.478 e. The van der Waals surface area contributed by atoms with Gasteiger partial charge in [-0.2, -0.15) is 0 Å². The number of carboxylic acid groups (broad SMARTS) is 1. The predicted molar refractivity (Wildman–Crippen MR) is 73.1 cm³/mol. The van der Waals surface area contributed by atoms with Crippen LogP contribution in [-0.2, 0) is 22.4 Å². The van der Waals surface area contributed by atoms with Crippen molar-refractivity contribution in [2.45, 2.75) is 33.1 Å². The highest BCUT2D eigenvalue weighted by Gasteiger charge is 2.15. The van der Waals surface area contributed by atoms with Crippen LogP contribution in [0.2, 0.25) is 0 Å². The van der Waals surface area contributed by atoms with Crippen LogP contribution in [0.4, 0.5) is 5.69 Å². The normalized spacial score (nSPS) is 14.6. The van der Waals surface area contributed by atoms with E-state index in [2.05, 4.69) is 5.32 Å². The molecule has 0 bridgehead atoms. The van der Waals surface area contributed by atoms with Gasteiger partial charge in [-0.25, -0.2) is 4.79 Å². The van der Waals surface area contributed by atoms with Crippen LogP contribution in [0.3, 0.4) is 0 Å². The lowest BCUT2D eigenvalue weighted by Gasteiger charge is -2.08. The maximum absolute atomic E-state index is 11.9. The lowest BCUT2D eigenvalue weighted by Crippen LogP contribution is -2.16. The first-order valence-electron chi connectivity index (χ1n) is 6.33. The van der Waals surface area contributed by atoms with Crippen LogP contribution in [0.5, 0.6) is 0 Å². The van der Waals surface area contributed by atoms with Crippen molar-refractivity contribution in [3.05, 3.63) is 40.5 Å². The van der Waals surface area contributed by atoms with Crippen LogP contribution in [0.15, 0.2) is 29.3 Å². The molecule has 0 spiro atoms. The highest BCUT2D eigenvalue weighted by atomic mass is 16.4. The van der Waals surface area contributed by atoms with Crippen molar-refractivity contribution in [2.75, 3.05) is 5.32 Å². The monoisotopic (exact) mass is 259 g/mol. The van der Waals surface area contributed by atoms with Gasteiger partial charge in [0.15, 0.2) is 0 Å². The standard InChI is InChI=1S/C15H17NO3/c1-9(10(2)15(18)19)14(17)16-13-7-6-11-4-3-5-12(11)8-13/h6-8H,3-5H2,1-2H3,(H,16,17)(H,18,19). The summed E-state index contributed by atoms with van der Waals surface area (Å²) in [5.74, 6) is -1.43. The van der Waals surface area contributed by atoms with E-state index in [1.165, 1.54) is 25.0 Å². The molecule has 4 heteroatoms. The van der Waals surface area contributed by atoms with Gasteiger partial charge < -0.3 is 10.4 Å². The van der Waals surface area contributed by atoms with Gasteiger partial charge in [0.25, 0.3) is 5.91 Å². The first kappa shape index (κ1) is 13.3. The molecular weight excluding hydrogens is 242 g/mol. The zero-order valence-corrected chi connectivity index (χ0v) is 11.1. The molecule has 4 nitrogen and oxygen atoms in total. The average molecular weight is 259 g/mol. The molecule has 1 aliphatic carbocycles. The predicted octanol–water partition coefficient (Wildman–Crippen LogP) is 2.53. The Hall–Kier alpha value is -2.10. The van der Waals surface area contributed by atoms with Crippen molar-refractivity contribution in [3.8, 4) is 0 Å². The summed E-state index contributed by atoms with van der Waals surface area (Å²) in [6.07, 6.45) is 3.30. The average Bonchev–Trinajstić information content (AvgIpc) is 2.84. The Bertz CT molecular complexity index is 573. The minimum atomic E-state index is -1.07. The highest BCUT2D eigenvalue weighted by molar-refractivity contribution is 6.08. The van der Waals surface area contributed by atoms with Crippen molar-refractivity contribution in [3.63, 3.8) is 0 Å². The van der Waals surface area contributed by atoms with E-state index in [0.29, 0.717) is 0 Å². The van der Waals surface area contributed by atoms with E-state index in [-0.39, 0.29) is 17.1 Å². The van der Waals surface area contributed by atoms with Gasteiger partial charge >= 0.3 is 5.97 Å². The van der Waals surface area contributed by atoms with Crippen molar-refractivity contribution in [1.29, 1.82) is 0 Å². The van der Waals surface area contributed by atoms with Gasteiger partial charge in [0.2, 0.25) is 0 Å². The molecule has 2 rings (SSSR count). The molecule has 0 aliphatic heterocycles. The number of amides is 1. The number of carboxylic acids is 1. The zero-order valence-electron chi connectivity index (χ0n) is 11.1. The Balaban J connectivity index is 2.16. The minimum absolute atomic E-state index is 0.0682. The van der Waals surface area contributed by atoms with Gasteiger partial charge in [0.1, 0.15) is 0 Å². The van der Waals surface area contributed by atoms with Crippen LogP contribution >= 0.6 is 0 Å². The van der Waals surface area contributed by atoms with E-state index in [9.17, 15) is 9.59 Å². The zero-order chi connectivity index (χ0) is 14.0. The number of aryl methyl sites for hydroxylation is 2. The van der Waals surface area contributed by atoms with Crippen molar-refractivity contribution in [1.82, 2.24) is 0 Å². The molecule has 1 amide bonds. The number of carbonyl (C=O) groups excluding carboxylic acids is 1.